The average Bonchev–Trinajstić information content (AvgIpc) is 2.68. The van der Waals surface area contributed by atoms with Crippen molar-refractivity contribution < 1.29 is 9.90 Å². The molecular formula is C13H14N2O2S. The molecule has 4 nitrogen and oxygen atoms in total. The minimum atomic E-state index is -0.708. The van der Waals surface area contributed by atoms with Crippen molar-refractivity contribution in [1.82, 2.24) is 4.98 Å². The van der Waals surface area contributed by atoms with Gasteiger partial charge in [0.15, 0.2) is 5.13 Å². The molecule has 18 heavy (non-hydrogen) atoms. The summed E-state index contributed by atoms with van der Waals surface area (Å²) >= 11 is 1.65. The van der Waals surface area contributed by atoms with Gasteiger partial charge in [0.2, 0.25) is 0 Å². The van der Waals surface area contributed by atoms with Crippen LogP contribution in [0.5, 0.6) is 0 Å². The van der Waals surface area contributed by atoms with Gasteiger partial charge in [-0.25, -0.2) is 4.98 Å². The molecule has 1 fully saturated rings. The van der Waals surface area contributed by atoms with Gasteiger partial charge in [-0.1, -0.05) is 24.3 Å². The van der Waals surface area contributed by atoms with E-state index in [2.05, 4.69) is 24.0 Å². The second-order valence-corrected chi connectivity index (χ2v) is 5.60. The molecule has 1 N–H and O–H groups in total. The Balaban J connectivity index is 1.84. The minimum absolute atomic E-state index is 0.233. The van der Waals surface area contributed by atoms with Crippen LogP contribution in [0.25, 0.3) is 10.2 Å². The van der Waals surface area contributed by atoms with Crippen LogP contribution in [0.15, 0.2) is 18.2 Å². The van der Waals surface area contributed by atoms with E-state index >= 15 is 0 Å². The molecule has 0 aliphatic carbocycles. The van der Waals surface area contributed by atoms with Crippen molar-refractivity contribution in [2.24, 2.45) is 5.92 Å². The third kappa shape index (κ3) is 1.84. The number of nitrogens with zero attached hydrogens (tertiary/aromatic N) is 2. The Bertz CT molecular complexity index is 602. The number of benzene rings is 1. The number of carboxylic acids is 1. The lowest BCUT2D eigenvalue weighted by atomic mass is 10.0. The summed E-state index contributed by atoms with van der Waals surface area (Å²) in [5, 5.41) is 9.80. The summed E-state index contributed by atoms with van der Waals surface area (Å²) < 4.78 is 1.18. The van der Waals surface area contributed by atoms with E-state index in [1.807, 2.05) is 11.0 Å². The predicted octanol–water partition coefficient (Wildman–Crippen LogP) is 2.38. The lowest BCUT2D eigenvalue weighted by Gasteiger charge is -2.36. The van der Waals surface area contributed by atoms with Crippen LogP contribution in [0.2, 0.25) is 0 Å². The van der Waals surface area contributed by atoms with E-state index in [4.69, 9.17) is 5.11 Å². The van der Waals surface area contributed by atoms with Crippen molar-refractivity contribution in [2.45, 2.75) is 13.3 Å². The zero-order valence-corrected chi connectivity index (χ0v) is 10.9. The molecule has 1 aliphatic rings. The number of hydrogen-bond donors (Lipinski definition) is 1. The first-order valence-electron chi connectivity index (χ1n) is 6.04. The maximum absolute atomic E-state index is 10.8. The molecule has 1 aliphatic heterocycles. The Hall–Kier alpha value is -1.62. The third-order valence-electron chi connectivity index (χ3n) is 3.35. The lowest BCUT2D eigenvalue weighted by molar-refractivity contribution is -0.142. The molecule has 0 radical (unpaired) electrons. The SMILES string of the molecule is CCc1ccc2nc(N3CC(C(=O)O)C3)sc2c1. The first-order chi connectivity index (χ1) is 8.67. The van der Waals surface area contributed by atoms with E-state index in [0.717, 1.165) is 17.1 Å². The maximum atomic E-state index is 10.8. The molecule has 0 saturated carbocycles. The van der Waals surface area contributed by atoms with Crippen LogP contribution in [0.1, 0.15) is 12.5 Å². The fourth-order valence-corrected chi connectivity index (χ4v) is 3.15. The molecule has 0 bridgehead atoms. The van der Waals surface area contributed by atoms with Crippen molar-refractivity contribution in [2.75, 3.05) is 18.0 Å². The van der Waals surface area contributed by atoms with Crippen molar-refractivity contribution in [1.29, 1.82) is 0 Å². The van der Waals surface area contributed by atoms with Crippen molar-refractivity contribution >= 4 is 32.7 Å². The fraction of sp³-hybridized carbons (Fsp3) is 0.385. The molecule has 2 aromatic rings. The van der Waals surface area contributed by atoms with Crippen LogP contribution >= 0.6 is 11.3 Å². The van der Waals surface area contributed by atoms with Gasteiger partial charge < -0.3 is 10.0 Å². The van der Waals surface area contributed by atoms with Gasteiger partial charge in [-0.2, -0.15) is 0 Å². The Morgan fingerprint density at radius 1 is 1.56 bits per heavy atom. The quantitative estimate of drug-likeness (QED) is 0.922. The summed E-state index contributed by atoms with van der Waals surface area (Å²) in [7, 11) is 0. The van der Waals surface area contributed by atoms with Gasteiger partial charge in [-0.05, 0) is 24.1 Å². The van der Waals surface area contributed by atoms with Gasteiger partial charge in [0.05, 0.1) is 16.1 Å². The van der Waals surface area contributed by atoms with Gasteiger partial charge >= 0.3 is 5.97 Å². The summed E-state index contributed by atoms with van der Waals surface area (Å²) in [6, 6.07) is 6.32. The normalized spacial score (nSPS) is 15.9. The molecule has 1 aromatic carbocycles. The number of aliphatic carboxylic acids is 1. The zero-order valence-electron chi connectivity index (χ0n) is 10.1. The molecule has 1 saturated heterocycles. The van der Waals surface area contributed by atoms with Gasteiger partial charge in [0, 0.05) is 13.1 Å². The first kappa shape index (κ1) is 11.5. The van der Waals surface area contributed by atoms with E-state index in [1.54, 1.807) is 11.3 Å². The summed E-state index contributed by atoms with van der Waals surface area (Å²) in [5.41, 5.74) is 2.32. The van der Waals surface area contributed by atoms with E-state index in [-0.39, 0.29) is 5.92 Å². The van der Waals surface area contributed by atoms with Crippen LogP contribution in [0.4, 0.5) is 5.13 Å². The van der Waals surface area contributed by atoms with Crippen molar-refractivity contribution in [3.8, 4) is 0 Å². The number of thiazole rings is 1. The van der Waals surface area contributed by atoms with Gasteiger partial charge in [-0.3, -0.25) is 4.79 Å². The molecule has 94 valence electrons. The van der Waals surface area contributed by atoms with E-state index in [0.29, 0.717) is 13.1 Å². The number of aromatic nitrogens is 1. The second kappa shape index (κ2) is 4.24. The van der Waals surface area contributed by atoms with Crippen LogP contribution in [-0.2, 0) is 11.2 Å². The molecule has 1 aromatic heterocycles. The molecule has 0 spiro atoms. The predicted molar refractivity (Wildman–Crippen MR) is 72.3 cm³/mol. The van der Waals surface area contributed by atoms with Crippen LogP contribution in [0, 0.1) is 5.92 Å². The largest absolute Gasteiger partial charge is 0.481 e. The summed E-state index contributed by atoms with van der Waals surface area (Å²) in [6.45, 7) is 3.29. The Morgan fingerprint density at radius 3 is 3.00 bits per heavy atom. The number of anilines is 1. The zero-order chi connectivity index (χ0) is 12.7. The summed E-state index contributed by atoms with van der Waals surface area (Å²) in [5.74, 6) is -0.941. The summed E-state index contributed by atoms with van der Waals surface area (Å²) in [6.07, 6.45) is 1.02. The molecule has 0 unspecified atom stereocenters. The van der Waals surface area contributed by atoms with Gasteiger partial charge in [0.25, 0.3) is 0 Å². The highest BCUT2D eigenvalue weighted by Crippen LogP contribution is 2.33. The number of carboxylic acid groups (broad SMARTS) is 1. The van der Waals surface area contributed by atoms with E-state index < -0.39 is 5.97 Å². The molecule has 2 heterocycles. The number of carbonyl (C=O) groups is 1. The standard InChI is InChI=1S/C13H14N2O2S/c1-2-8-3-4-10-11(5-8)18-13(14-10)15-6-9(7-15)12(16)17/h3-5,9H,2,6-7H2,1H3,(H,16,17). The highest BCUT2D eigenvalue weighted by atomic mass is 32.1. The number of hydrogen-bond acceptors (Lipinski definition) is 4. The second-order valence-electron chi connectivity index (χ2n) is 4.59. The molecule has 3 rings (SSSR count). The van der Waals surface area contributed by atoms with E-state index in [9.17, 15) is 4.79 Å². The highest BCUT2D eigenvalue weighted by molar-refractivity contribution is 7.22. The van der Waals surface area contributed by atoms with Gasteiger partial charge in [-0.15, -0.1) is 0 Å². The molecule has 0 atom stereocenters. The van der Waals surface area contributed by atoms with Crippen molar-refractivity contribution in [3.05, 3.63) is 23.8 Å². The average molecular weight is 262 g/mol. The number of fused-ring (bicyclic) bond motifs is 1. The number of aryl methyl sites for hydroxylation is 1. The molecular weight excluding hydrogens is 248 g/mol. The summed E-state index contributed by atoms with van der Waals surface area (Å²) in [4.78, 5) is 17.4. The first-order valence-corrected chi connectivity index (χ1v) is 6.86. The Kier molecular flexibility index (Phi) is 2.70. The van der Waals surface area contributed by atoms with Gasteiger partial charge in [0.1, 0.15) is 0 Å². The Labute approximate surface area is 109 Å². The lowest BCUT2D eigenvalue weighted by Crippen LogP contribution is -2.50. The van der Waals surface area contributed by atoms with E-state index in [1.165, 1.54) is 10.3 Å². The highest BCUT2D eigenvalue weighted by Gasteiger charge is 2.34. The van der Waals surface area contributed by atoms with Crippen LogP contribution < -0.4 is 4.90 Å². The Morgan fingerprint density at radius 2 is 2.33 bits per heavy atom. The molecule has 5 heteroatoms. The smallest absolute Gasteiger partial charge is 0.310 e. The number of rotatable bonds is 3. The van der Waals surface area contributed by atoms with Crippen molar-refractivity contribution in [3.63, 3.8) is 0 Å². The minimum Gasteiger partial charge on any atom is -0.481 e. The van der Waals surface area contributed by atoms with Crippen LogP contribution in [-0.4, -0.2) is 29.1 Å². The fourth-order valence-electron chi connectivity index (χ4n) is 2.10. The maximum Gasteiger partial charge on any atom is 0.310 e. The van der Waals surface area contributed by atoms with Crippen LogP contribution in [0.3, 0.4) is 0 Å². The third-order valence-corrected chi connectivity index (χ3v) is 4.43. The topological polar surface area (TPSA) is 53.4 Å². The molecule has 0 amide bonds. The monoisotopic (exact) mass is 262 g/mol.